The lowest BCUT2D eigenvalue weighted by Crippen LogP contribution is -2.44. The minimum Gasteiger partial charge on any atom is -0.396 e. The molecule has 0 saturated carbocycles. The summed E-state index contributed by atoms with van der Waals surface area (Å²) in [5.41, 5.74) is -0.0248. The Morgan fingerprint density at radius 3 is 2.87 bits per heavy atom. The number of carbonyl (C=O) groups excluding carboxylic acids is 1. The molecular weight excluding hydrogens is 192 g/mol. The van der Waals surface area contributed by atoms with Gasteiger partial charge in [-0.25, -0.2) is 0 Å². The molecule has 1 atom stereocenters. The van der Waals surface area contributed by atoms with Crippen molar-refractivity contribution in [2.45, 2.75) is 39.2 Å². The average molecular weight is 214 g/mol. The van der Waals surface area contributed by atoms with Gasteiger partial charge in [0.05, 0.1) is 6.04 Å². The Morgan fingerprint density at radius 2 is 2.33 bits per heavy atom. The van der Waals surface area contributed by atoms with E-state index in [-0.39, 0.29) is 24.0 Å². The van der Waals surface area contributed by atoms with Crippen molar-refractivity contribution in [2.24, 2.45) is 5.41 Å². The van der Waals surface area contributed by atoms with Gasteiger partial charge in [0.25, 0.3) is 0 Å². The fraction of sp³-hybridized carbons (Fsp3) is 0.909. The number of aliphatic hydroxyl groups excluding tert-OH is 1. The second kappa shape index (κ2) is 5.47. The second-order valence-corrected chi connectivity index (χ2v) is 5.00. The van der Waals surface area contributed by atoms with Crippen LogP contribution >= 0.6 is 0 Å². The van der Waals surface area contributed by atoms with E-state index in [2.05, 4.69) is 10.6 Å². The fourth-order valence-corrected chi connectivity index (χ4v) is 1.75. The molecule has 0 spiro atoms. The van der Waals surface area contributed by atoms with Gasteiger partial charge in [0.2, 0.25) is 5.91 Å². The number of rotatable bonds is 5. The molecule has 0 bridgehead atoms. The molecule has 1 amide bonds. The Balaban J connectivity index is 2.26. The molecule has 4 heteroatoms. The van der Waals surface area contributed by atoms with E-state index < -0.39 is 0 Å². The maximum atomic E-state index is 11.7. The van der Waals surface area contributed by atoms with E-state index in [1.165, 1.54) is 0 Å². The molecule has 0 unspecified atom stereocenters. The van der Waals surface area contributed by atoms with Crippen LogP contribution < -0.4 is 10.6 Å². The van der Waals surface area contributed by atoms with E-state index in [0.717, 1.165) is 19.4 Å². The van der Waals surface area contributed by atoms with Crippen molar-refractivity contribution in [2.75, 3.05) is 19.7 Å². The van der Waals surface area contributed by atoms with Crippen molar-refractivity contribution in [1.29, 1.82) is 0 Å². The van der Waals surface area contributed by atoms with Crippen LogP contribution in [-0.2, 0) is 4.79 Å². The van der Waals surface area contributed by atoms with Gasteiger partial charge in [-0.05, 0) is 31.2 Å². The van der Waals surface area contributed by atoms with Crippen LogP contribution in [0.1, 0.15) is 33.1 Å². The molecule has 0 radical (unpaired) electrons. The maximum absolute atomic E-state index is 11.7. The molecule has 1 aliphatic rings. The Kier molecular flexibility index (Phi) is 4.54. The molecule has 1 fully saturated rings. The van der Waals surface area contributed by atoms with Crippen LogP contribution in [0.5, 0.6) is 0 Å². The minimum absolute atomic E-state index is 0.00470. The monoisotopic (exact) mass is 214 g/mol. The number of aliphatic hydroxyl groups is 1. The first-order valence-corrected chi connectivity index (χ1v) is 5.67. The van der Waals surface area contributed by atoms with E-state index in [9.17, 15) is 4.79 Å². The van der Waals surface area contributed by atoms with E-state index >= 15 is 0 Å². The SMILES string of the molecule is CC(C)(CCO)CNC(=O)[C@H]1CCCN1. The van der Waals surface area contributed by atoms with E-state index in [1.807, 2.05) is 13.8 Å². The average Bonchev–Trinajstić information content (AvgIpc) is 2.67. The van der Waals surface area contributed by atoms with Crippen LogP contribution in [0.2, 0.25) is 0 Å². The third kappa shape index (κ3) is 4.18. The molecule has 1 aliphatic heterocycles. The molecular formula is C11H22N2O2. The second-order valence-electron chi connectivity index (χ2n) is 5.00. The lowest BCUT2D eigenvalue weighted by Gasteiger charge is -2.24. The van der Waals surface area contributed by atoms with Crippen molar-refractivity contribution in [3.63, 3.8) is 0 Å². The highest BCUT2D eigenvalue weighted by atomic mass is 16.3. The third-order valence-corrected chi connectivity index (χ3v) is 2.91. The zero-order valence-electron chi connectivity index (χ0n) is 9.68. The summed E-state index contributed by atoms with van der Waals surface area (Å²) in [6.45, 7) is 5.84. The van der Waals surface area contributed by atoms with Crippen LogP contribution in [0.15, 0.2) is 0 Å². The van der Waals surface area contributed by atoms with Crippen molar-refractivity contribution in [3.05, 3.63) is 0 Å². The summed E-state index contributed by atoms with van der Waals surface area (Å²) >= 11 is 0. The first-order chi connectivity index (χ1) is 7.05. The maximum Gasteiger partial charge on any atom is 0.237 e. The third-order valence-electron chi connectivity index (χ3n) is 2.91. The van der Waals surface area contributed by atoms with E-state index in [4.69, 9.17) is 5.11 Å². The topological polar surface area (TPSA) is 61.4 Å². The van der Waals surface area contributed by atoms with Gasteiger partial charge in [-0.3, -0.25) is 4.79 Å². The summed E-state index contributed by atoms with van der Waals surface area (Å²) in [6, 6.07) is -0.00470. The van der Waals surface area contributed by atoms with Crippen LogP contribution in [-0.4, -0.2) is 36.8 Å². The number of nitrogens with one attached hydrogen (secondary N) is 2. The van der Waals surface area contributed by atoms with Gasteiger partial charge in [-0.1, -0.05) is 13.8 Å². The summed E-state index contributed by atoms with van der Waals surface area (Å²) in [6.07, 6.45) is 2.73. The normalized spacial score (nSPS) is 21.7. The van der Waals surface area contributed by atoms with Gasteiger partial charge in [0, 0.05) is 13.2 Å². The molecule has 1 rings (SSSR count). The molecule has 4 nitrogen and oxygen atoms in total. The Hall–Kier alpha value is -0.610. The summed E-state index contributed by atoms with van der Waals surface area (Å²) in [5.74, 6) is 0.0958. The van der Waals surface area contributed by atoms with Crippen molar-refractivity contribution in [3.8, 4) is 0 Å². The molecule has 0 aromatic rings. The van der Waals surface area contributed by atoms with Gasteiger partial charge in [0.1, 0.15) is 0 Å². The van der Waals surface area contributed by atoms with Crippen molar-refractivity contribution >= 4 is 5.91 Å². The summed E-state index contributed by atoms with van der Waals surface area (Å²) in [5, 5.41) is 15.0. The summed E-state index contributed by atoms with van der Waals surface area (Å²) in [4.78, 5) is 11.7. The van der Waals surface area contributed by atoms with E-state index in [0.29, 0.717) is 13.0 Å². The molecule has 0 aliphatic carbocycles. The predicted octanol–water partition coefficient (Wildman–Crippen LogP) is 0.263. The lowest BCUT2D eigenvalue weighted by molar-refractivity contribution is -0.123. The zero-order valence-corrected chi connectivity index (χ0v) is 9.68. The molecule has 1 saturated heterocycles. The van der Waals surface area contributed by atoms with Gasteiger partial charge < -0.3 is 15.7 Å². The van der Waals surface area contributed by atoms with Crippen molar-refractivity contribution < 1.29 is 9.90 Å². The molecule has 0 aromatic carbocycles. The minimum atomic E-state index is -0.0248. The van der Waals surface area contributed by atoms with E-state index in [1.54, 1.807) is 0 Å². The van der Waals surface area contributed by atoms with Crippen molar-refractivity contribution in [1.82, 2.24) is 10.6 Å². The number of amides is 1. The lowest BCUT2D eigenvalue weighted by atomic mass is 9.89. The standard InChI is InChI=1S/C11H22N2O2/c1-11(2,5-7-14)8-13-10(15)9-4-3-6-12-9/h9,12,14H,3-8H2,1-2H3,(H,13,15)/t9-/m1/s1. The summed E-state index contributed by atoms with van der Waals surface area (Å²) < 4.78 is 0. The largest absolute Gasteiger partial charge is 0.396 e. The number of hydrogen-bond acceptors (Lipinski definition) is 3. The molecule has 0 aromatic heterocycles. The highest BCUT2D eigenvalue weighted by Gasteiger charge is 2.24. The molecule has 15 heavy (non-hydrogen) atoms. The van der Waals surface area contributed by atoms with Gasteiger partial charge >= 0.3 is 0 Å². The van der Waals surface area contributed by atoms with Crippen LogP contribution in [0, 0.1) is 5.41 Å². The quantitative estimate of drug-likeness (QED) is 0.615. The molecule has 3 N–H and O–H groups in total. The fourth-order valence-electron chi connectivity index (χ4n) is 1.75. The number of hydrogen-bond donors (Lipinski definition) is 3. The Morgan fingerprint density at radius 1 is 1.60 bits per heavy atom. The van der Waals surface area contributed by atoms with Gasteiger partial charge in [0.15, 0.2) is 0 Å². The highest BCUT2D eigenvalue weighted by Crippen LogP contribution is 2.18. The molecule has 88 valence electrons. The number of carbonyl (C=O) groups is 1. The van der Waals surface area contributed by atoms with Gasteiger partial charge in [-0.2, -0.15) is 0 Å². The highest BCUT2D eigenvalue weighted by molar-refractivity contribution is 5.82. The first kappa shape index (κ1) is 12.5. The van der Waals surface area contributed by atoms with Crippen LogP contribution in [0.4, 0.5) is 0 Å². The first-order valence-electron chi connectivity index (χ1n) is 5.67. The Bertz CT molecular complexity index is 211. The molecule has 1 heterocycles. The Labute approximate surface area is 91.4 Å². The predicted molar refractivity (Wildman–Crippen MR) is 59.5 cm³/mol. The zero-order chi connectivity index (χ0) is 11.3. The summed E-state index contributed by atoms with van der Waals surface area (Å²) in [7, 11) is 0. The van der Waals surface area contributed by atoms with Crippen LogP contribution in [0.25, 0.3) is 0 Å². The van der Waals surface area contributed by atoms with Crippen LogP contribution in [0.3, 0.4) is 0 Å². The van der Waals surface area contributed by atoms with Gasteiger partial charge in [-0.15, -0.1) is 0 Å². The smallest absolute Gasteiger partial charge is 0.237 e.